The Morgan fingerprint density at radius 3 is 1.91 bits per heavy atom. The number of carbonyl (C=O) groups excluding carboxylic acids is 1. The van der Waals surface area contributed by atoms with Crippen LogP contribution in [0.3, 0.4) is 0 Å². The molecule has 0 fully saturated rings. The molecule has 1 nitrogen and oxygen atoms in total. The Morgan fingerprint density at radius 2 is 1.73 bits per heavy atom. The Labute approximate surface area is 68.1 Å². The zero-order valence-electron chi connectivity index (χ0n) is 7.08. The number of hydrogen-bond acceptors (Lipinski definition) is 1. The first kappa shape index (κ1) is 9.89. The van der Waals surface area contributed by atoms with E-state index < -0.39 is 0 Å². The molecule has 0 aliphatic heterocycles. The van der Waals surface area contributed by atoms with Gasteiger partial charge in [-0.2, -0.15) is 0 Å². The van der Waals surface area contributed by atoms with E-state index in [-0.39, 0.29) is 0 Å². The summed E-state index contributed by atoms with van der Waals surface area (Å²) in [5.74, 6) is 0. The van der Waals surface area contributed by atoms with Gasteiger partial charge in [-0.1, -0.05) is 42.8 Å². The van der Waals surface area contributed by atoms with Crippen molar-refractivity contribution in [2.24, 2.45) is 0 Å². The summed E-state index contributed by atoms with van der Waals surface area (Å²) < 4.78 is 0. The molecule has 1 aromatic rings. The highest BCUT2D eigenvalue weighted by atomic mass is 16.1. The summed E-state index contributed by atoms with van der Waals surface area (Å²) in [7, 11) is 0. The minimum absolute atomic E-state index is 0.639. The van der Waals surface area contributed by atoms with E-state index in [1.54, 1.807) is 0 Å². The van der Waals surface area contributed by atoms with Gasteiger partial charge >= 0.3 is 0 Å². The lowest BCUT2D eigenvalue weighted by molar-refractivity contribution is -0.107. The van der Waals surface area contributed by atoms with E-state index in [0.717, 1.165) is 6.29 Å². The molecule has 60 valence electrons. The number of aldehydes is 1. The molecule has 1 heteroatoms. The smallest absolute Gasteiger partial charge is 0.119 e. The van der Waals surface area contributed by atoms with Crippen molar-refractivity contribution < 1.29 is 4.79 Å². The molecular weight excluding hydrogens is 136 g/mol. The number of aryl methyl sites for hydroxylation is 1. The van der Waals surface area contributed by atoms with Crippen LogP contribution in [0.15, 0.2) is 30.3 Å². The highest BCUT2D eigenvalue weighted by Gasteiger charge is 1.72. The molecule has 0 unspecified atom stereocenters. The van der Waals surface area contributed by atoms with Crippen LogP contribution in [0.4, 0.5) is 0 Å². The van der Waals surface area contributed by atoms with E-state index >= 15 is 0 Å². The summed E-state index contributed by atoms with van der Waals surface area (Å²) in [5.41, 5.74) is 1.32. The maximum absolute atomic E-state index is 9.17. The van der Waals surface area contributed by atoms with Gasteiger partial charge in [-0.3, -0.25) is 0 Å². The Hall–Kier alpha value is -1.11. The lowest BCUT2D eigenvalue weighted by Crippen LogP contribution is -1.62. The average Bonchev–Trinajstić information content (AvgIpc) is 2.07. The van der Waals surface area contributed by atoms with E-state index in [4.69, 9.17) is 0 Å². The predicted octanol–water partition coefficient (Wildman–Crippen LogP) is 2.59. The van der Waals surface area contributed by atoms with E-state index in [2.05, 4.69) is 19.1 Å². The van der Waals surface area contributed by atoms with Gasteiger partial charge in [0.25, 0.3) is 0 Å². The first-order chi connectivity index (χ1) is 5.31. The molecule has 1 aromatic carbocycles. The Bertz CT molecular complexity index is 179. The molecule has 0 aliphatic rings. The molecule has 0 spiro atoms. The van der Waals surface area contributed by atoms with Gasteiger partial charge in [0, 0.05) is 6.42 Å². The number of rotatable bonds is 1. The number of carbonyl (C=O) groups is 1. The van der Waals surface area contributed by atoms with Crippen molar-refractivity contribution in [2.75, 3.05) is 0 Å². The average molecular weight is 150 g/mol. The van der Waals surface area contributed by atoms with Crippen molar-refractivity contribution in [3.63, 3.8) is 0 Å². The second kappa shape index (κ2) is 7.00. The quantitative estimate of drug-likeness (QED) is 0.562. The van der Waals surface area contributed by atoms with Crippen LogP contribution in [0.2, 0.25) is 0 Å². The van der Waals surface area contributed by atoms with Crippen LogP contribution in [-0.2, 0) is 4.79 Å². The van der Waals surface area contributed by atoms with Crippen LogP contribution >= 0.6 is 0 Å². The minimum atomic E-state index is 0.639. The predicted molar refractivity (Wildman–Crippen MR) is 47.5 cm³/mol. The highest BCUT2D eigenvalue weighted by Crippen LogP contribution is 1.92. The molecule has 11 heavy (non-hydrogen) atoms. The van der Waals surface area contributed by atoms with Crippen molar-refractivity contribution in [1.82, 2.24) is 0 Å². The fourth-order valence-electron chi connectivity index (χ4n) is 0.534. The van der Waals surface area contributed by atoms with Crippen LogP contribution in [0.25, 0.3) is 0 Å². The third-order valence-corrected chi connectivity index (χ3v) is 1.11. The lowest BCUT2D eigenvalue weighted by Gasteiger charge is -1.82. The molecule has 0 bridgehead atoms. The Morgan fingerprint density at radius 1 is 1.27 bits per heavy atom. The van der Waals surface area contributed by atoms with Crippen molar-refractivity contribution in [2.45, 2.75) is 20.3 Å². The van der Waals surface area contributed by atoms with Crippen LogP contribution in [0.1, 0.15) is 18.9 Å². The van der Waals surface area contributed by atoms with E-state index in [1.165, 1.54) is 5.56 Å². The monoisotopic (exact) mass is 150 g/mol. The summed E-state index contributed by atoms with van der Waals surface area (Å²) >= 11 is 0. The molecule has 1 rings (SSSR count). The fourth-order valence-corrected chi connectivity index (χ4v) is 0.534. The van der Waals surface area contributed by atoms with E-state index in [0.29, 0.717) is 6.42 Å². The van der Waals surface area contributed by atoms with Gasteiger partial charge in [0.2, 0.25) is 0 Å². The Kier molecular flexibility index (Phi) is 6.30. The van der Waals surface area contributed by atoms with Crippen LogP contribution in [0, 0.1) is 6.92 Å². The SMILES string of the molecule is CCC=O.Cc1ccccc1. The fraction of sp³-hybridized carbons (Fsp3) is 0.300. The molecule has 0 N–H and O–H groups in total. The van der Waals surface area contributed by atoms with Gasteiger partial charge in [0.15, 0.2) is 0 Å². The summed E-state index contributed by atoms with van der Waals surface area (Å²) in [6, 6.07) is 10.3. The molecule has 0 amide bonds. The zero-order chi connectivity index (χ0) is 8.53. The van der Waals surface area contributed by atoms with Gasteiger partial charge in [-0.25, -0.2) is 0 Å². The molecule has 0 aliphatic carbocycles. The topological polar surface area (TPSA) is 17.1 Å². The van der Waals surface area contributed by atoms with Gasteiger partial charge in [-0.15, -0.1) is 0 Å². The molecule has 0 saturated heterocycles. The summed E-state index contributed by atoms with van der Waals surface area (Å²) in [5, 5.41) is 0. The van der Waals surface area contributed by atoms with E-state index in [9.17, 15) is 4.79 Å². The maximum atomic E-state index is 9.17. The normalized spacial score (nSPS) is 7.82. The first-order valence-electron chi connectivity index (χ1n) is 3.76. The lowest BCUT2D eigenvalue weighted by atomic mass is 10.2. The third-order valence-electron chi connectivity index (χ3n) is 1.11. The van der Waals surface area contributed by atoms with Crippen molar-refractivity contribution in [1.29, 1.82) is 0 Å². The summed E-state index contributed by atoms with van der Waals surface area (Å²) in [4.78, 5) is 9.17. The summed E-state index contributed by atoms with van der Waals surface area (Å²) in [6.07, 6.45) is 1.51. The van der Waals surface area contributed by atoms with E-state index in [1.807, 2.05) is 25.1 Å². The Balaban J connectivity index is 0.000000218. The first-order valence-corrected chi connectivity index (χ1v) is 3.76. The van der Waals surface area contributed by atoms with Gasteiger partial charge in [0.05, 0.1) is 0 Å². The van der Waals surface area contributed by atoms with Crippen molar-refractivity contribution >= 4 is 6.29 Å². The standard InChI is InChI=1S/C7H8.C3H6O/c1-7-5-3-2-4-6-7;1-2-3-4/h2-6H,1H3;3H,2H2,1H3. The second-order valence-electron chi connectivity index (χ2n) is 2.23. The van der Waals surface area contributed by atoms with Gasteiger partial charge in [-0.05, 0) is 6.92 Å². The molecule has 0 heterocycles. The highest BCUT2D eigenvalue weighted by molar-refractivity contribution is 5.48. The minimum Gasteiger partial charge on any atom is -0.303 e. The third kappa shape index (κ3) is 6.78. The molecule has 0 radical (unpaired) electrons. The van der Waals surface area contributed by atoms with Crippen molar-refractivity contribution in [3.8, 4) is 0 Å². The largest absolute Gasteiger partial charge is 0.303 e. The van der Waals surface area contributed by atoms with Crippen LogP contribution in [0.5, 0.6) is 0 Å². The molecule has 0 saturated carbocycles. The zero-order valence-corrected chi connectivity index (χ0v) is 7.08. The summed E-state index contributed by atoms with van der Waals surface area (Å²) in [6.45, 7) is 3.90. The maximum Gasteiger partial charge on any atom is 0.119 e. The second-order valence-corrected chi connectivity index (χ2v) is 2.23. The van der Waals surface area contributed by atoms with Crippen LogP contribution in [-0.4, -0.2) is 6.29 Å². The van der Waals surface area contributed by atoms with Gasteiger partial charge < -0.3 is 4.79 Å². The van der Waals surface area contributed by atoms with Gasteiger partial charge in [0.1, 0.15) is 6.29 Å². The molecular formula is C10H14O. The number of hydrogen-bond donors (Lipinski definition) is 0. The molecule has 0 aromatic heterocycles. The van der Waals surface area contributed by atoms with Crippen molar-refractivity contribution in [3.05, 3.63) is 35.9 Å². The van der Waals surface area contributed by atoms with Crippen LogP contribution < -0.4 is 0 Å². The molecule has 0 atom stereocenters. The number of benzene rings is 1.